The topological polar surface area (TPSA) is 243 Å². The average molecular weight is 651 g/mol. The molecule has 0 aromatic carbocycles. The molecule has 2 aliphatic heterocycles. The molecule has 6 rings (SSSR count). The molecule has 0 amide bonds. The van der Waals surface area contributed by atoms with Gasteiger partial charge in [0.15, 0.2) is 40.5 Å². The van der Waals surface area contributed by atoms with Gasteiger partial charge in [-0.1, -0.05) is 12.2 Å². The van der Waals surface area contributed by atoms with Crippen LogP contribution >= 0.6 is 25.8 Å². The van der Waals surface area contributed by atoms with E-state index >= 15 is 4.39 Å². The SMILES string of the molecule is Nc1nc2c(ncn2[C@H]2O[C@@H]3COP(O)(=S)OCCn4c(nc5c(N)ncnc54)COP(=O)(S)O[C@@H]2[C@H]3F)c(=O)[nH]1. The van der Waals surface area contributed by atoms with E-state index in [0.717, 1.165) is 6.33 Å². The molecule has 4 aromatic rings. The molecule has 1 fully saturated rings. The average Bonchev–Trinajstić information content (AvgIpc) is 3.56. The van der Waals surface area contributed by atoms with Gasteiger partial charge < -0.3 is 34.7 Å². The van der Waals surface area contributed by atoms with Crippen LogP contribution in [0, 0.1) is 0 Å². The molecule has 1 saturated heterocycles. The molecular weight excluding hydrogens is 629 g/mol. The zero-order valence-electron chi connectivity index (χ0n) is 20.5. The van der Waals surface area contributed by atoms with Gasteiger partial charge >= 0.3 is 13.5 Å². The normalized spacial score (nSPS) is 31.6. The van der Waals surface area contributed by atoms with Gasteiger partial charge in [0.1, 0.15) is 31.0 Å². The number of hydrogen-bond donors (Lipinski definition) is 5. The van der Waals surface area contributed by atoms with Gasteiger partial charge in [0.25, 0.3) is 5.56 Å². The number of alkyl halides is 1. The molecule has 2 aliphatic rings. The summed E-state index contributed by atoms with van der Waals surface area (Å²) in [5.74, 6) is 0.00799. The Morgan fingerprint density at radius 1 is 1.17 bits per heavy atom. The lowest BCUT2D eigenvalue weighted by atomic mass is 10.1. The molecule has 0 aliphatic carbocycles. The maximum atomic E-state index is 15.8. The number of H-pyrrole nitrogens is 1. The molecule has 23 heteroatoms. The fourth-order valence-electron chi connectivity index (χ4n) is 4.42. The van der Waals surface area contributed by atoms with E-state index in [0.29, 0.717) is 5.65 Å². The van der Waals surface area contributed by atoms with E-state index in [1.807, 2.05) is 0 Å². The van der Waals surface area contributed by atoms with Gasteiger partial charge in [0.05, 0.1) is 19.5 Å². The van der Waals surface area contributed by atoms with Crippen LogP contribution in [0.2, 0.25) is 0 Å². The second-order valence-electron chi connectivity index (χ2n) is 8.81. The number of imidazole rings is 2. The van der Waals surface area contributed by atoms with Crippen LogP contribution in [0.5, 0.6) is 0 Å². The number of hydrogen-bond acceptors (Lipinski definition) is 15. The standard InChI is InChI=1S/C18H21FN10O8P2S2/c19-9-7-3-34-38(31,40)33-2-1-28-8(25-10-13(20)22-5-23-14(10)28)4-35-39(32,41)37-12(9)17(36-7)29-6-24-11-15(29)26-18(21)27-16(11)30/h5-7,9,12,17H,1-4H2,(H,31,40)(H,32,41)(H2,20,22,23)(H3,21,26,27,30)/t7-,9+,12-,17+,38?,39?/m1/s1. The number of fused-ring (bicyclic) bond motifs is 6. The maximum absolute atomic E-state index is 15.8. The summed E-state index contributed by atoms with van der Waals surface area (Å²) in [6.45, 7) is -9.38. The summed E-state index contributed by atoms with van der Waals surface area (Å²) >= 11 is 9.13. The van der Waals surface area contributed by atoms with Crippen molar-refractivity contribution in [2.24, 2.45) is 0 Å². The number of nitrogens with one attached hydrogen (secondary N) is 1. The van der Waals surface area contributed by atoms with Crippen molar-refractivity contribution >= 4 is 71.7 Å². The molecule has 41 heavy (non-hydrogen) atoms. The highest BCUT2D eigenvalue weighted by Crippen LogP contribution is 2.58. The fraction of sp³-hybridized carbons (Fsp3) is 0.444. The van der Waals surface area contributed by atoms with E-state index in [1.54, 1.807) is 0 Å². The summed E-state index contributed by atoms with van der Waals surface area (Å²) in [7, 11) is 0. The molecular formula is C18H21FN10O8P2S2. The Labute approximate surface area is 238 Å². The zero-order valence-corrected chi connectivity index (χ0v) is 24.0. The summed E-state index contributed by atoms with van der Waals surface area (Å²) in [4.78, 5) is 45.7. The van der Waals surface area contributed by atoms with Gasteiger partial charge in [0.2, 0.25) is 5.95 Å². The lowest BCUT2D eigenvalue weighted by Gasteiger charge is -2.24. The number of nitrogens with zero attached hydrogens (tertiary/aromatic N) is 7. The second-order valence-corrected chi connectivity index (χ2v) is 14.5. The van der Waals surface area contributed by atoms with Crippen molar-refractivity contribution in [3.8, 4) is 0 Å². The minimum atomic E-state index is -4.34. The quantitative estimate of drug-likeness (QED) is 0.140. The Bertz CT molecular complexity index is 1800. The van der Waals surface area contributed by atoms with Crippen molar-refractivity contribution in [1.29, 1.82) is 0 Å². The monoisotopic (exact) mass is 650 g/mol. The molecule has 220 valence electrons. The van der Waals surface area contributed by atoms with Crippen LogP contribution < -0.4 is 17.0 Å². The summed E-state index contributed by atoms with van der Waals surface area (Å²) < 4.78 is 59.6. The van der Waals surface area contributed by atoms with Gasteiger partial charge in [-0.25, -0.2) is 28.9 Å². The fourth-order valence-corrected chi connectivity index (χ4v) is 6.91. The van der Waals surface area contributed by atoms with Crippen molar-refractivity contribution in [2.75, 3.05) is 24.7 Å². The number of thiol groups is 1. The Kier molecular flexibility index (Phi) is 7.38. The van der Waals surface area contributed by atoms with Crippen LogP contribution in [-0.2, 0) is 52.4 Å². The van der Waals surface area contributed by atoms with Gasteiger partial charge in [-0.05, 0) is 11.8 Å². The smallest absolute Gasteiger partial charge is 0.382 e. The molecule has 6 atom stereocenters. The predicted octanol–water partition coefficient (Wildman–Crippen LogP) is 0.563. The predicted molar refractivity (Wildman–Crippen MR) is 146 cm³/mol. The van der Waals surface area contributed by atoms with E-state index in [9.17, 15) is 14.3 Å². The van der Waals surface area contributed by atoms with Crippen LogP contribution in [0.1, 0.15) is 12.1 Å². The number of aromatic nitrogens is 8. The van der Waals surface area contributed by atoms with Crippen molar-refractivity contribution in [3.63, 3.8) is 0 Å². The zero-order chi connectivity index (χ0) is 29.1. The van der Waals surface area contributed by atoms with Gasteiger partial charge in [-0.3, -0.25) is 23.4 Å². The van der Waals surface area contributed by atoms with E-state index in [2.05, 4.69) is 42.2 Å². The number of nitrogen functional groups attached to an aromatic ring is 2. The Morgan fingerprint density at radius 2 is 1.98 bits per heavy atom. The van der Waals surface area contributed by atoms with E-state index in [1.165, 1.54) is 15.5 Å². The van der Waals surface area contributed by atoms with Crippen molar-refractivity contribution in [1.82, 2.24) is 39.0 Å². The Morgan fingerprint density at radius 3 is 2.78 bits per heavy atom. The van der Waals surface area contributed by atoms with E-state index in [-0.39, 0.29) is 47.4 Å². The van der Waals surface area contributed by atoms with E-state index < -0.39 is 56.9 Å². The first-order valence-electron chi connectivity index (χ1n) is 11.7. The summed E-state index contributed by atoms with van der Waals surface area (Å²) in [6, 6.07) is 0. The second kappa shape index (κ2) is 10.6. The Hall–Kier alpha value is -2.58. The third-order valence-electron chi connectivity index (χ3n) is 6.21. The molecule has 2 unspecified atom stereocenters. The van der Waals surface area contributed by atoms with E-state index in [4.69, 9.17) is 46.1 Å². The highest BCUT2D eigenvalue weighted by atomic mass is 32.7. The van der Waals surface area contributed by atoms with Gasteiger partial charge in [-0.15, -0.1) is 0 Å². The minimum Gasteiger partial charge on any atom is -0.382 e. The molecule has 0 radical (unpaired) electrons. The summed E-state index contributed by atoms with van der Waals surface area (Å²) in [5, 5.41) is 0. The molecule has 0 spiro atoms. The van der Waals surface area contributed by atoms with Crippen LogP contribution in [0.25, 0.3) is 22.3 Å². The largest absolute Gasteiger partial charge is 0.387 e. The lowest BCUT2D eigenvalue weighted by Crippen LogP contribution is -2.32. The molecule has 6 N–H and O–H groups in total. The van der Waals surface area contributed by atoms with Crippen molar-refractivity contribution < 1.29 is 36.7 Å². The van der Waals surface area contributed by atoms with Crippen molar-refractivity contribution in [3.05, 3.63) is 28.8 Å². The number of ether oxygens (including phenoxy) is 1. The number of nitrogens with two attached hydrogens (primary N) is 2. The first kappa shape index (κ1) is 28.5. The molecule has 2 bridgehead atoms. The molecule has 0 saturated carbocycles. The number of rotatable bonds is 1. The first-order valence-corrected chi connectivity index (χ1v) is 17.0. The third-order valence-corrected chi connectivity index (χ3v) is 9.42. The number of anilines is 2. The molecule has 4 aromatic heterocycles. The lowest BCUT2D eigenvalue weighted by molar-refractivity contribution is -0.0453. The van der Waals surface area contributed by atoms with Crippen LogP contribution in [-0.4, -0.2) is 75.5 Å². The first-order chi connectivity index (χ1) is 19.4. The molecule has 6 heterocycles. The Balaban J connectivity index is 1.39. The van der Waals surface area contributed by atoms with Gasteiger partial charge in [-0.2, -0.15) is 4.98 Å². The van der Waals surface area contributed by atoms with Crippen molar-refractivity contribution in [2.45, 2.75) is 37.8 Å². The van der Waals surface area contributed by atoms with Crippen LogP contribution in [0.3, 0.4) is 0 Å². The molecule has 18 nitrogen and oxygen atoms in total. The minimum absolute atomic E-state index is 0.0466. The highest BCUT2D eigenvalue weighted by Gasteiger charge is 2.51. The summed E-state index contributed by atoms with van der Waals surface area (Å²) in [6.07, 6.45) is -4.12. The number of aromatic amines is 1. The summed E-state index contributed by atoms with van der Waals surface area (Å²) in [5.41, 5.74) is 11.3. The third kappa shape index (κ3) is 5.50. The highest BCUT2D eigenvalue weighted by molar-refractivity contribution is 8.44. The van der Waals surface area contributed by atoms with Gasteiger partial charge in [0, 0.05) is 6.54 Å². The van der Waals surface area contributed by atoms with Crippen LogP contribution in [0.4, 0.5) is 16.2 Å². The maximum Gasteiger partial charge on any atom is 0.387 e. The number of halogens is 1. The van der Waals surface area contributed by atoms with Crippen LogP contribution in [0.15, 0.2) is 17.4 Å².